The van der Waals surface area contributed by atoms with Crippen molar-refractivity contribution >= 4 is 25.4 Å². The van der Waals surface area contributed by atoms with Crippen molar-refractivity contribution in [1.82, 2.24) is 0 Å². The van der Waals surface area contributed by atoms with Crippen LogP contribution in [0.1, 0.15) is 12.0 Å². The zero-order valence-electron chi connectivity index (χ0n) is 10.3. The summed E-state index contributed by atoms with van der Waals surface area (Å²) in [5.41, 5.74) is 5.29. The highest BCUT2D eigenvalue weighted by molar-refractivity contribution is 7.96. The molecule has 1 aromatic rings. The Morgan fingerprint density at radius 1 is 1.37 bits per heavy atom. The van der Waals surface area contributed by atoms with Gasteiger partial charge in [0.15, 0.2) is 19.7 Å². The molecular formula is C11H14FNO4S2. The summed E-state index contributed by atoms with van der Waals surface area (Å²) in [6.45, 7) is 1.41. The SMILES string of the molecule is Cc1cc(S(=O)(=O)C2CCS(=O)(=O)C2)cc(N)c1F. The lowest BCUT2D eigenvalue weighted by Gasteiger charge is -2.12. The predicted molar refractivity (Wildman–Crippen MR) is 69.8 cm³/mol. The first kappa shape index (κ1) is 14.3. The minimum absolute atomic E-state index is 0.0704. The number of nitrogens with two attached hydrogens (primary N) is 1. The van der Waals surface area contributed by atoms with E-state index in [1.165, 1.54) is 13.0 Å². The minimum atomic E-state index is -3.80. The third kappa shape index (κ3) is 2.59. The molecule has 1 aliphatic rings. The highest BCUT2D eigenvalue weighted by Crippen LogP contribution is 2.28. The van der Waals surface area contributed by atoms with Crippen molar-refractivity contribution in [2.45, 2.75) is 23.5 Å². The number of hydrogen-bond donors (Lipinski definition) is 1. The Labute approximate surface area is 111 Å². The molecule has 0 amide bonds. The van der Waals surface area contributed by atoms with Crippen LogP contribution in [0.5, 0.6) is 0 Å². The third-order valence-corrected chi connectivity index (χ3v) is 7.37. The molecule has 1 heterocycles. The van der Waals surface area contributed by atoms with Crippen LogP contribution in [0.3, 0.4) is 0 Å². The standard InChI is InChI=1S/C11H14FNO4S2/c1-7-4-9(5-10(13)11(7)12)19(16,17)8-2-3-18(14,15)6-8/h4-5,8H,2-3,6,13H2,1H3. The first-order valence-corrected chi connectivity index (χ1v) is 9.00. The van der Waals surface area contributed by atoms with E-state index in [-0.39, 0.29) is 34.1 Å². The highest BCUT2D eigenvalue weighted by atomic mass is 32.2. The smallest absolute Gasteiger partial charge is 0.182 e. The van der Waals surface area contributed by atoms with E-state index in [1.807, 2.05) is 0 Å². The fourth-order valence-electron chi connectivity index (χ4n) is 2.13. The first-order chi connectivity index (χ1) is 8.63. The van der Waals surface area contributed by atoms with Crippen LogP contribution < -0.4 is 5.73 Å². The molecule has 1 saturated heterocycles. The van der Waals surface area contributed by atoms with Gasteiger partial charge in [0.25, 0.3) is 0 Å². The first-order valence-electron chi connectivity index (χ1n) is 5.63. The lowest BCUT2D eigenvalue weighted by Crippen LogP contribution is -2.23. The Kier molecular flexibility index (Phi) is 3.34. The van der Waals surface area contributed by atoms with Gasteiger partial charge >= 0.3 is 0 Å². The van der Waals surface area contributed by atoms with Gasteiger partial charge in [-0.15, -0.1) is 0 Å². The zero-order chi connectivity index (χ0) is 14.4. The number of aryl methyl sites for hydroxylation is 1. The fourth-order valence-corrected chi connectivity index (χ4v) is 6.60. The molecule has 0 spiro atoms. The Morgan fingerprint density at radius 3 is 2.47 bits per heavy atom. The number of hydrogen-bond acceptors (Lipinski definition) is 5. The van der Waals surface area contributed by atoms with Gasteiger partial charge in [0.05, 0.1) is 27.3 Å². The molecule has 1 atom stereocenters. The molecule has 1 aliphatic heterocycles. The van der Waals surface area contributed by atoms with Crippen LogP contribution >= 0.6 is 0 Å². The summed E-state index contributed by atoms with van der Waals surface area (Å²) >= 11 is 0. The van der Waals surface area contributed by atoms with Crippen LogP contribution in [0.4, 0.5) is 10.1 Å². The maximum absolute atomic E-state index is 13.4. The van der Waals surface area contributed by atoms with Crippen molar-refractivity contribution in [3.63, 3.8) is 0 Å². The van der Waals surface area contributed by atoms with Gasteiger partial charge in [-0.05, 0) is 31.0 Å². The van der Waals surface area contributed by atoms with E-state index >= 15 is 0 Å². The predicted octanol–water partition coefficient (Wildman–Crippen LogP) is 0.677. The number of benzene rings is 1. The second kappa shape index (κ2) is 4.45. The summed E-state index contributed by atoms with van der Waals surface area (Å²) in [7, 11) is -7.10. The van der Waals surface area contributed by atoms with Crippen molar-refractivity contribution in [2.24, 2.45) is 0 Å². The van der Waals surface area contributed by atoms with Gasteiger partial charge in [0.2, 0.25) is 0 Å². The molecule has 0 bridgehead atoms. The van der Waals surface area contributed by atoms with E-state index < -0.39 is 30.7 Å². The van der Waals surface area contributed by atoms with E-state index in [9.17, 15) is 21.2 Å². The van der Waals surface area contributed by atoms with Crippen molar-refractivity contribution in [3.05, 3.63) is 23.5 Å². The molecule has 0 saturated carbocycles. The summed E-state index contributed by atoms with van der Waals surface area (Å²) < 4.78 is 60.7. The number of anilines is 1. The van der Waals surface area contributed by atoms with E-state index in [2.05, 4.69) is 0 Å². The monoisotopic (exact) mass is 307 g/mol. The maximum atomic E-state index is 13.4. The number of halogens is 1. The molecule has 0 aromatic heterocycles. The molecule has 1 aromatic carbocycles. The highest BCUT2D eigenvalue weighted by Gasteiger charge is 2.38. The van der Waals surface area contributed by atoms with Gasteiger partial charge in [-0.2, -0.15) is 0 Å². The van der Waals surface area contributed by atoms with Crippen LogP contribution in [-0.2, 0) is 19.7 Å². The molecule has 106 valence electrons. The van der Waals surface area contributed by atoms with Crippen LogP contribution in [0.2, 0.25) is 0 Å². The zero-order valence-corrected chi connectivity index (χ0v) is 11.9. The lowest BCUT2D eigenvalue weighted by molar-refractivity contribution is 0.581. The molecule has 1 fully saturated rings. The van der Waals surface area contributed by atoms with Crippen LogP contribution in [0.15, 0.2) is 17.0 Å². The quantitative estimate of drug-likeness (QED) is 0.640. The summed E-state index contributed by atoms with van der Waals surface area (Å²) in [4.78, 5) is -0.119. The Morgan fingerprint density at radius 2 is 2.00 bits per heavy atom. The maximum Gasteiger partial charge on any atom is 0.182 e. The molecule has 8 heteroatoms. The summed E-state index contributed by atoms with van der Waals surface area (Å²) in [5.74, 6) is -1.17. The molecule has 0 aliphatic carbocycles. The van der Waals surface area contributed by atoms with Crippen LogP contribution in [-0.4, -0.2) is 33.6 Å². The van der Waals surface area contributed by atoms with Crippen molar-refractivity contribution in [3.8, 4) is 0 Å². The summed E-state index contributed by atoms with van der Waals surface area (Å²) in [6.07, 6.45) is 0.0704. The van der Waals surface area contributed by atoms with Crippen molar-refractivity contribution < 1.29 is 21.2 Å². The number of sulfone groups is 2. The van der Waals surface area contributed by atoms with Gasteiger partial charge < -0.3 is 5.73 Å². The molecule has 19 heavy (non-hydrogen) atoms. The fraction of sp³-hybridized carbons (Fsp3) is 0.455. The van der Waals surface area contributed by atoms with E-state index in [4.69, 9.17) is 5.73 Å². The van der Waals surface area contributed by atoms with Gasteiger partial charge in [-0.25, -0.2) is 21.2 Å². The molecule has 2 rings (SSSR count). The van der Waals surface area contributed by atoms with Gasteiger partial charge in [0, 0.05) is 0 Å². The van der Waals surface area contributed by atoms with Crippen LogP contribution in [0.25, 0.3) is 0 Å². The minimum Gasteiger partial charge on any atom is -0.396 e. The number of rotatable bonds is 2. The van der Waals surface area contributed by atoms with Gasteiger partial charge in [-0.3, -0.25) is 0 Å². The average Bonchev–Trinajstić information content (AvgIpc) is 2.66. The number of nitrogen functional groups attached to an aromatic ring is 1. The third-order valence-electron chi connectivity index (χ3n) is 3.21. The summed E-state index contributed by atoms with van der Waals surface area (Å²) in [6, 6.07) is 2.23. The average molecular weight is 307 g/mol. The largest absolute Gasteiger partial charge is 0.396 e. The van der Waals surface area contributed by atoms with E-state index in [0.717, 1.165) is 6.07 Å². The molecule has 5 nitrogen and oxygen atoms in total. The van der Waals surface area contributed by atoms with E-state index in [1.54, 1.807) is 0 Å². The Hall–Kier alpha value is -1.15. The lowest BCUT2D eigenvalue weighted by atomic mass is 10.2. The Balaban J connectivity index is 2.47. The van der Waals surface area contributed by atoms with Crippen molar-refractivity contribution in [1.29, 1.82) is 0 Å². The second-order valence-corrected chi connectivity index (χ2v) is 9.17. The van der Waals surface area contributed by atoms with Crippen LogP contribution in [0, 0.1) is 12.7 Å². The Bertz CT molecular complexity index is 702. The van der Waals surface area contributed by atoms with E-state index in [0.29, 0.717) is 0 Å². The molecule has 1 unspecified atom stereocenters. The van der Waals surface area contributed by atoms with Gasteiger partial charge in [-0.1, -0.05) is 0 Å². The normalized spacial score (nSPS) is 22.5. The molecular weight excluding hydrogens is 293 g/mol. The van der Waals surface area contributed by atoms with Crippen molar-refractivity contribution in [2.75, 3.05) is 17.2 Å². The summed E-state index contributed by atoms with van der Waals surface area (Å²) in [5, 5.41) is -0.971. The second-order valence-electron chi connectivity index (χ2n) is 4.71. The molecule has 2 N–H and O–H groups in total. The molecule has 0 radical (unpaired) electrons. The van der Waals surface area contributed by atoms with Gasteiger partial charge in [0.1, 0.15) is 5.82 Å². The topological polar surface area (TPSA) is 94.3 Å².